The van der Waals surface area contributed by atoms with Gasteiger partial charge in [0.2, 0.25) is 10.0 Å². The smallest absolute Gasteiger partial charge is 0.243 e. The molecule has 0 bridgehead atoms. The first kappa shape index (κ1) is 18.1. The normalized spacial score (nSPS) is 16.9. The predicted octanol–water partition coefficient (Wildman–Crippen LogP) is 3.12. The highest BCUT2D eigenvalue weighted by Gasteiger charge is 2.30. The molecule has 1 aliphatic heterocycles. The van der Waals surface area contributed by atoms with E-state index in [1.807, 2.05) is 45.0 Å². The van der Waals surface area contributed by atoms with Crippen LogP contribution in [0.25, 0.3) is 0 Å². The van der Waals surface area contributed by atoms with E-state index in [1.165, 1.54) is 5.56 Å². The van der Waals surface area contributed by atoms with E-state index in [1.54, 1.807) is 10.4 Å². The summed E-state index contributed by atoms with van der Waals surface area (Å²) in [6.45, 7) is 9.39. The molecule has 1 saturated heterocycles. The molecule has 134 valence electrons. The lowest BCUT2D eigenvalue weighted by atomic mass is 10.1. The van der Waals surface area contributed by atoms with Gasteiger partial charge in [0.15, 0.2) is 0 Å². The van der Waals surface area contributed by atoms with Gasteiger partial charge in [0, 0.05) is 32.7 Å². The Balaban J connectivity index is 1.71. The average molecular weight is 359 g/mol. The molecule has 0 unspecified atom stereocenters. The summed E-state index contributed by atoms with van der Waals surface area (Å²) in [7, 11) is -3.42. The van der Waals surface area contributed by atoms with E-state index in [2.05, 4.69) is 17.0 Å². The SMILES string of the molecule is Cc1ccc(S(=O)(=O)N2CCN(Cc3ccccc3)CC2)c(C)c1C. The van der Waals surface area contributed by atoms with Crippen molar-refractivity contribution >= 4 is 10.0 Å². The van der Waals surface area contributed by atoms with Crippen LogP contribution < -0.4 is 0 Å². The molecule has 0 radical (unpaired) electrons. The first-order valence-electron chi connectivity index (χ1n) is 8.73. The Morgan fingerprint density at radius 3 is 2.12 bits per heavy atom. The van der Waals surface area contributed by atoms with Crippen molar-refractivity contribution in [1.29, 1.82) is 0 Å². The highest BCUT2D eigenvalue weighted by atomic mass is 32.2. The van der Waals surface area contributed by atoms with Crippen molar-refractivity contribution in [3.63, 3.8) is 0 Å². The zero-order valence-corrected chi connectivity index (χ0v) is 16.0. The van der Waals surface area contributed by atoms with Crippen LogP contribution in [-0.2, 0) is 16.6 Å². The number of rotatable bonds is 4. The van der Waals surface area contributed by atoms with Gasteiger partial charge in [-0.3, -0.25) is 4.90 Å². The fourth-order valence-electron chi connectivity index (χ4n) is 3.32. The number of hydrogen-bond acceptors (Lipinski definition) is 3. The second-order valence-corrected chi connectivity index (χ2v) is 8.70. The number of benzene rings is 2. The van der Waals surface area contributed by atoms with E-state index in [9.17, 15) is 8.42 Å². The monoisotopic (exact) mass is 358 g/mol. The van der Waals surface area contributed by atoms with E-state index in [-0.39, 0.29) is 0 Å². The molecule has 1 fully saturated rings. The van der Waals surface area contributed by atoms with Crippen LogP contribution in [0.15, 0.2) is 47.4 Å². The first-order chi connectivity index (χ1) is 11.9. The molecule has 0 amide bonds. The van der Waals surface area contributed by atoms with Crippen molar-refractivity contribution in [1.82, 2.24) is 9.21 Å². The Labute approximate surface area is 151 Å². The molecule has 0 saturated carbocycles. The van der Waals surface area contributed by atoms with Gasteiger partial charge >= 0.3 is 0 Å². The minimum absolute atomic E-state index is 0.451. The van der Waals surface area contributed by atoms with Crippen LogP contribution in [0.5, 0.6) is 0 Å². The molecule has 5 heteroatoms. The minimum atomic E-state index is -3.42. The van der Waals surface area contributed by atoms with Gasteiger partial charge in [0.25, 0.3) is 0 Å². The Morgan fingerprint density at radius 1 is 0.840 bits per heavy atom. The van der Waals surface area contributed by atoms with E-state index in [0.717, 1.165) is 36.3 Å². The number of nitrogens with zero attached hydrogens (tertiary/aromatic N) is 2. The van der Waals surface area contributed by atoms with Crippen LogP contribution in [-0.4, -0.2) is 43.8 Å². The van der Waals surface area contributed by atoms with Crippen LogP contribution in [0.2, 0.25) is 0 Å². The molecule has 0 atom stereocenters. The number of hydrogen-bond donors (Lipinski definition) is 0. The Morgan fingerprint density at radius 2 is 1.48 bits per heavy atom. The predicted molar refractivity (Wildman–Crippen MR) is 101 cm³/mol. The molecule has 0 spiro atoms. The molecule has 2 aromatic rings. The Bertz CT molecular complexity index is 839. The van der Waals surface area contributed by atoms with Gasteiger partial charge in [-0.1, -0.05) is 36.4 Å². The molecular weight excluding hydrogens is 332 g/mol. The van der Waals surface area contributed by atoms with Crippen LogP contribution in [0, 0.1) is 20.8 Å². The third-order valence-electron chi connectivity index (χ3n) is 5.21. The molecule has 4 nitrogen and oxygen atoms in total. The third kappa shape index (κ3) is 3.78. The van der Waals surface area contributed by atoms with Gasteiger partial charge in [0.1, 0.15) is 0 Å². The zero-order chi connectivity index (χ0) is 18.0. The van der Waals surface area contributed by atoms with Gasteiger partial charge < -0.3 is 0 Å². The summed E-state index contributed by atoms with van der Waals surface area (Å²) in [5.74, 6) is 0. The lowest BCUT2D eigenvalue weighted by molar-refractivity contribution is 0.181. The molecule has 2 aromatic carbocycles. The second kappa shape index (κ2) is 7.28. The number of sulfonamides is 1. The summed E-state index contributed by atoms with van der Waals surface area (Å²) < 4.78 is 27.7. The molecule has 0 N–H and O–H groups in total. The fraction of sp³-hybridized carbons (Fsp3) is 0.400. The second-order valence-electron chi connectivity index (χ2n) is 6.80. The number of piperazine rings is 1. The minimum Gasteiger partial charge on any atom is -0.296 e. The first-order valence-corrected chi connectivity index (χ1v) is 10.2. The fourth-order valence-corrected chi connectivity index (χ4v) is 5.02. The highest BCUT2D eigenvalue weighted by Crippen LogP contribution is 2.25. The summed E-state index contributed by atoms with van der Waals surface area (Å²) >= 11 is 0. The average Bonchev–Trinajstić information content (AvgIpc) is 2.61. The van der Waals surface area contributed by atoms with E-state index in [4.69, 9.17) is 0 Å². The topological polar surface area (TPSA) is 40.6 Å². The van der Waals surface area contributed by atoms with Crippen LogP contribution in [0.4, 0.5) is 0 Å². The maximum absolute atomic E-state index is 13.0. The van der Waals surface area contributed by atoms with E-state index < -0.39 is 10.0 Å². The molecule has 0 aliphatic carbocycles. The van der Waals surface area contributed by atoms with Crippen molar-refractivity contribution < 1.29 is 8.42 Å². The zero-order valence-electron chi connectivity index (χ0n) is 15.2. The quantitative estimate of drug-likeness (QED) is 0.843. The third-order valence-corrected chi connectivity index (χ3v) is 7.25. The van der Waals surface area contributed by atoms with E-state index in [0.29, 0.717) is 18.0 Å². The summed E-state index contributed by atoms with van der Waals surface area (Å²) in [5, 5.41) is 0. The van der Waals surface area contributed by atoms with Gasteiger partial charge in [-0.2, -0.15) is 4.31 Å². The molecule has 0 aromatic heterocycles. The van der Waals surface area contributed by atoms with Gasteiger partial charge in [-0.05, 0) is 49.1 Å². The summed E-state index contributed by atoms with van der Waals surface area (Å²) in [5.41, 5.74) is 4.32. The maximum Gasteiger partial charge on any atom is 0.243 e. The van der Waals surface area contributed by atoms with Gasteiger partial charge in [-0.25, -0.2) is 8.42 Å². The van der Waals surface area contributed by atoms with Gasteiger partial charge in [0.05, 0.1) is 4.90 Å². The van der Waals surface area contributed by atoms with Crippen molar-refractivity contribution in [2.45, 2.75) is 32.2 Å². The lowest BCUT2D eigenvalue weighted by Crippen LogP contribution is -2.48. The highest BCUT2D eigenvalue weighted by molar-refractivity contribution is 7.89. The van der Waals surface area contributed by atoms with Crippen molar-refractivity contribution in [3.8, 4) is 0 Å². The van der Waals surface area contributed by atoms with Crippen molar-refractivity contribution in [3.05, 3.63) is 64.7 Å². The summed E-state index contributed by atoms with van der Waals surface area (Å²) in [4.78, 5) is 2.77. The van der Waals surface area contributed by atoms with E-state index >= 15 is 0 Å². The lowest BCUT2D eigenvalue weighted by Gasteiger charge is -2.34. The van der Waals surface area contributed by atoms with Crippen LogP contribution in [0.3, 0.4) is 0 Å². The van der Waals surface area contributed by atoms with Crippen molar-refractivity contribution in [2.24, 2.45) is 0 Å². The maximum atomic E-state index is 13.0. The largest absolute Gasteiger partial charge is 0.296 e. The molecule has 1 heterocycles. The summed E-state index contributed by atoms with van der Waals surface area (Å²) in [6, 6.07) is 14.0. The van der Waals surface area contributed by atoms with Gasteiger partial charge in [-0.15, -0.1) is 0 Å². The summed E-state index contributed by atoms with van der Waals surface area (Å²) in [6.07, 6.45) is 0. The Kier molecular flexibility index (Phi) is 5.27. The number of aryl methyl sites for hydroxylation is 1. The Hall–Kier alpha value is -1.69. The van der Waals surface area contributed by atoms with Crippen LogP contribution >= 0.6 is 0 Å². The molecule has 25 heavy (non-hydrogen) atoms. The molecule has 3 rings (SSSR count). The molecule has 1 aliphatic rings. The standard InChI is InChI=1S/C20H26N2O2S/c1-16-9-10-20(18(3)17(16)2)25(23,24)22-13-11-21(12-14-22)15-19-7-5-4-6-8-19/h4-10H,11-15H2,1-3H3. The van der Waals surface area contributed by atoms with Crippen LogP contribution in [0.1, 0.15) is 22.3 Å². The molecular formula is C20H26N2O2S. The van der Waals surface area contributed by atoms with Crippen molar-refractivity contribution in [2.75, 3.05) is 26.2 Å².